The number of H-pyrrole nitrogens is 3. The number of likely N-dealkylation sites (tertiary alicyclic amines) is 1. The zero-order valence-electron chi connectivity index (χ0n) is 19.2. The zero-order valence-corrected chi connectivity index (χ0v) is 19.2. The molecule has 0 atom stereocenters. The fraction of sp³-hybridized carbons (Fsp3) is 0.346. The van der Waals surface area contributed by atoms with Crippen LogP contribution in [0.1, 0.15) is 48.2 Å². The number of piperidine rings is 1. The summed E-state index contributed by atoms with van der Waals surface area (Å²) in [4.78, 5) is 18.1. The minimum Gasteiger partial charge on any atom is -0.354 e. The van der Waals surface area contributed by atoms with Gasteiger partial charge < -0.3 is 9.97 Å². The van der Waals surface area contributed by atoms with Crippen molar-refractivity contribution in [2.75, 3.05) is 13.1 Å². The van der Waals surface area contributed by atoms with Gasteiger partial charge in [0.25, 0.3) is 0 Å². The first-order chi connectivity index (χ1) is 16.2. The van der Waals surface area contributed by atoms with Crippen LogP contribution in [0.25, 0.3) is 33.2 Å². The molecule has 1 aromatic carbocycles. The smallest absolute Gasteiger partial charge is 0.156 e. The van der Waals surface area contributed by atoms with Gasteiger partial charge in [0, 0.05) is 41.1 Å². The van der Waals surface area contributed by atoms with Gasteiger partial charge >= 0.3 is 0 Å². The molecule has 168 valence electrons. The van der Waals surface area contributed by atoms with Crippen LogP contribution in [0.2, 0.25) is 0 Å². The van der Waals surface area contributed by atoms with Crippen molar-refractivity contribution in [3.8, 4) is 11.3 Å². The van der Waals surface area contributed by atoms with Crippen LogP contribution < -0.4 is 0 Å². The minimum atomic E-state index is 0.610. The van der Waals surface area contributed by atoms with Crippen LogP contribution in [0.15, 0.2) is 43.0 Å². The molecule has 5 aromatic rings. The topological polar surface area (TPSA) is 89.3 Å². The number of rotatable bonds is 5. The molecule has 33 heavy (non-hydrogen) atoms. The van der Waals surface area contributed by atoms with E-state index >= 15 is 0 Å². The van der Waals surface area contributed by atoms with Crippen molar-refractivity contribution < 1.29 is 0 Å². The van der Waals surface area contributed by atoms with Crippen molar-refractivity contribution in [3.05, 3.63) is 65.5 Å². The van der Waals surface area contributed by atoms with E-state index in [1.807, 2.05) is 19.3 Å². The quantitative estimate of drug-likeness (QED) is 0.356. The number of pyridine rings is 1. The van der Waals surface area contributed by atoms with E-state index in [9.17, 15) is 0 Å². The summed E-state index contributed by atoms with van der Waals surface area (Å²) in [6, 6.07) is 9.13. The lowest BCUT2D eigenvalue weighted by atomic mass is 9.88. The molecule has 0 spiro atoms. The molecule has 4 aromatic heterocycles. The Hall–Kier alpha value is -3.45. The van der Waals surface area contributed by atoms with Gasteiger partial charge in [-0.1, -0.05) is 13.0 Å². The Morgan fingerprint density at radius 2 is 2.03 bits per heavy atom. The van der Waals surface area contributed by atoms with E-state index in [1.165, 1.54) is 51.8 Å². The summed E-state index contributed by atoms with van der Waals surface area (Å²) < 4.78 is 0. The number of hydrogen-bond donors (Lipinski definition) is 3. The second-order valence-electron chi connectivity index (χ2n) is 9.16. The maximum atomic E-state index is 4.46. The summed E-state index contributed by atoms with van der Waals surface area (Å²) in [7, 11) is 0. The summed E-state index contributed by atoms with van der Waals surface area (Å²) >= 11 is 0. The molecule has 0 aliphatic carbocycles. The monoisotopic (exact) mass is 439 g/mol. The minimum absolute atomic E-state index is 0.610. The van der Waals surface area contributed by atoms with Crippen LogP contribution >= 0.6 is 0 Å². The van der Waals surface area contributed by atoms with Crippen LogP contribution in [0.3, 0.4) is 0 Å². The second kappa shape index (κ2) is 8.15. The lowest BCUT2D eigenvalue weighted by molar-refractivity contribution is 0.203. The van der Waals surface area contributed by atoms with Crippen molar-refractivity contribution in [2.24, 2.45) is 0 Å². The van der Waals surface area contributed by atoms with E-state index in [2.05, 4.69) is 66.2 Å². The van der Waals surface area contributed by atoms with Gasteiger partial charge in [0.15, 0.2) is 5.65 Å². The van der Waals surface area contributed by atoms with Crippen LogP contribution in [0.4, 0.5) is 0 Å². The normalized spacial score (nSPS) is 15.7. The Bertz CT molecular complexity index is 1400. The second-order valence-corrected chi connectivity index (χ2v) is 9.16. The predicted molar refractivity (Wildman–Crippen MR) is 131 cm³/mol. The first kappa shape index (κ1) is 20.2. The van der Waals surface area contributed by atoms with Gasteiger partial charge in [0.1, 0.15) is 0 Å². The molecule has 7 nitrogen and oxygen atoms in total. The molecule has 0 amide bonds. The Morgan fingerprint density at radius 3 is 2.82 bits per heavy atom. The fourth-order valence-electron chi connectivity index (χ4n) is 5.47. The van der Waals surface area contributed by atoms with Crippen LogP contribution in [-0.2, 0) is 13.0 Å². The molecule has 0 bridgehead atoms. The number of aromatic amines is 3. The van der Waals surface area contributed by atoms with E-state index in [0.29, 0.717) is 5.92 Å². The summed E-state index contributed by atoms with van der Waals surface area (Å²) in [5, 5.41) is 9.88. The molecule has 1 fully saturated rings. The van der Waals surface area contributed by atoms with Crippen molar-refractivity contribution in [1.82, 2.24) is 35.0 Å². The first-order valence-corrected chi connectivity index (χ1v) is 11.9. The standard InChI is InChI=1S/C26H29N7/c1-3-20-22-12-18(17-7-10-33(11-8-17)14-19-13-27-15-29-19)4-5-23(22)30-25(20)21-6-9-28-26-24(21)16(2)31-32-26/h4-6,9,12-13,15,17,30H,3,7-8,10-11,14H2,1-2H3,(H,27,29)(H,28,31,32). The number of nitrogens with zero attached hydrogens (tertiary/aromatic N) is 4. The third kappa shape index (κ3) is 3.53. The number of aromatic nitrogens is 6. The summed E-state index contributed by atoms with van der Waals surface area (Å²) in [5.41, 5.74) is 9.42. The predicted octanol–water partition coefficient (Wildman–Crippen LogP) is 5.08. The Kier molecular flexibility index (Phi) is 4.99. The highest BCUT2D eigenvalue weighted by molar-refractivity contribution is 5.99. The number of benzene rings is 1. The van der Waals surface area contributed by atoms with E-state index in [1.54, 1.807) is 6.33 Å². The number of hydrogen-bond acceptors (Lipinski definition) is 4. The number of imidazole rings is 1. The summed E-state index contributed by atoms with van der Waals surface area (Å²) in [6.45, 7) is 7.48. The molecule has 0 saturated carbocycles. The average Bonchev–Trinajstić information content (AvgIpc) is 3.58. The van der Waals surface area contributed by atoms with Gasteiger partial charge in [0.2, 0.25) is 0 Å². The molecule has 3 N–H and O–H groups in total. The average molecular weight is 440 g/mol. The summed E-state index contributed by atoms with van der Waals surface area (Å²) in [5.74, 6) is 0.610. The SMILES string of the molecule is CCc1c(-c2ccnc3[nH]nc(C)c23)[nH]c2ccc(C3CCN(Cc4cnc[nH]4)CC3)cc12. The third-order valence-corrected chi connectivity index (χ3v) is 7.20. The largest absolute Gasteiger partial charge is 0.354 e. The molecule has 6 rings (SSSR count). The molecule has 1 aliphatic heterocycles. The molecule has 1 aliphatic rings. The molecule has 5 heterocycles. The highest BCUT2D eigenvalue weighted by Gasteiger charge is 2.23. The van der Waals surface area contributed by atoms with Crippen LogP contribution in [0.5, 0.6) is 0 Å². The van der Waals surface area contributed by atoms with Gasteiger partial charge in [-0.25, -0.2) is 9.97 Å². The fourth-order valence-corrected chi connectivity index (χ4v) is 5.47. The molecule has 1 saturated heterocycles. The molecule has 0 radical (unpaired) electrons. The lowest BCUT2D eigenvalue weighted by Crippen LogP contribution is -2.32. The van der Waals surface area contributed by atoms with Crippen molar-refractivity contribution in [3.63, 3.8) is 0 Å². The van der Waals surface area contributed by atoms with Gasteiger partial charge in [-0.05, 0) is 74.5 Å². The number of fused-ring (bicyclic) bond motifs is 2. The molecular formula is C26H29N7. The van der Waals surface area contributed by atoms with Gasteiger partial charge in [-0.2, -0.15) is 5.10 Å². The summed E-state index contributed by atoms with van der Waals surface area (Å²) in [6.07, 6.45) is 8.91. The molecule has 7 heteroatoms. The maximum absolute atomic E-state index is 4.46. The van der Waals surface area contributed by atoms with Gasteiger partial charge in [0.05, 0.1) is 23.1 Å². The van der Waals surface area contributed by atoms with E-state index < -0.39 is 0 Å². The highest BCUT2D eigenvalue weighted by atomic mass is 15.1. The van der Waals surface area contributed by atoms with Crippen molar-refractivity contribution in [2.45, 2.75) is 45.6 Å². The van der Waals surface area contributed by atoms with E-state index in [-0.39, 0.29) is 0 Å². The Balaban J connectivity index is 1.31. The lowest BCUT2D eigenvalue weighted by Gasteiger charge is -2.31. The zero-order chi connectivity index (χ0) is 22.4. The third-order valence-electron chi connectivity index (χ3n) is 7.20. The highest BCUT2D eigenvalue weighted by Crippen LogP contribution is 2.37. The molecular weight excluding hydrogens is 410 g/mol. The Labute approximate surface area is 192 Å². The molecule has 0 unspecified atom stereocenters. The van der Waals surface area contributed by atoms with Gasteiger partial charge in [-0.15, -0.1) is 0 Å². The van der Waals surface area contributed by atoms with Crippen molar-refractivity contribution >= 4 is 21.9 Å². The number of aryl methyl sites for hydroxylation is 2. The van der Waals surface area contributed by atoms with Crippen molar-refractivity contribution in [1.29, 1.82) is 0 Å². The van der Waals surface area contributed by atoms with Crippen LogP contribution in [0, 0.1) is 6.92 Å². The van der Waals surface area contributed by atoms with E-state index in [4.69, 9.17) is 0 Å². The van der Waals surface area contributed by atoms with E-state index in [0.717, 1.165) is 42.8 Å². The first-order valence-electron chi connectivity index (χ1n) is 11.9. The maximum Gasteiger partial charge on any atom is 0.156 e. The van der Waals surface area contributed by atoms with Gasteiger partial charge in [-0.3, -0.25) is 10.00 Å². The number of nitrogens with one attached hydrogen (secondary N) is 3. The van der Waals surface area contributed by atoms with Crippen LogP contribution in [-0.4, -0.2) is 48.1 Å². The Morgan fingerprint density at radius 1 is 1.15 bits per heavy atom.